The summed E-state index contributed by atoms with van der Waals surface area (Å²) in [7, 11) is 0. The molecule has 0 bridgehead atoms. The zero-order chi connectivity index (χ0) is 6.97. The molecular weight excluding hydrogens is 160 g/mol. The van der Waals surface area contributed by atoms with Crippen molar-refractivity contribution in [2.45, 2.75) is 12.6 Å². The molecule has 0 fully saturated rings. The van der Waals surface area contributed by atoms with E-state index >= 15 is 0 Å². The van der Waals surface area contributed by atoms with Gasteiger partial charge in [-0.2, -0.15) is 0 Å². The van der Waals surface area contributed by atoms with Gasteiger partial charge in [0.05, 0.1) is 6.17 Å². The minimum atomic E-state index is 0. The first kappa shape index (κ1) is 8.37. The lowest BCUT2D eigenvalue weighted by atomic mass is 10.2. The molecule has 1 aromatic carbocycles. The summed E-state index contributed by atoms with van der Waals surface area (Å²) in [5, 5.41) is 3.18. The molecule has 2 rings (SSSR count). The van der Waals surface area contributed by atoms with Crippen molar-refractivity contribution in [1.82, 2.24) is 0 Å². The highest BCUT2D eigenvalue weighted by Crippen LogP contribution is 2.22. The third-order valence-electron chi connectivity index (χ3n) is 1.80. The Balaban J connectivity index is 0.000000605. The summed E-state index contributed by atoms with van der Waals surface area (Å²) in [6.45, 7) is 0. The fourth-order valence-corrected chi connectivity index (χ4v) is 1.33. The Morgan fingerprint density at radius 2 is 2.09 bits per heavy atom. The number of halogens is 1. The predicted molar refractivity (Wildman–Crippen MR) is 49.0 cm³/mol. The number of para-hydroxylation sites is 1. The van der Waals surface area contributed by atoms with E-state index in [2.05, 4.69) is 17.4 Å². The standard InChI is InChI=1S/C8H10N2.ClH/c9-8-5-6-3-1-2-4-7(6)10-8;/h1-4,8,10H,5,9H2;1H. The van der Waals surface area contributed by atoms with Crippen LogP contribution in [0.2, 0.25) is 0 Å². The van der Waals surface area contributed by atoms with Crippen molar-refractivity contribution >= 4 is 18.1 Å². The Kier molecular flexibility index (Phi) is 2.37. The maximum Gasteiger partial charge on any atom is 0.0784 e. The Morgan fingerprint density at radius 3 is 2.82 bits per heavy atom. The van der Waals surface area contributed by atoms with Crippen LogP contribution in [0.25, 0.3) is 0 Å². The highest BCUT2D eigenvalue weighted by molar-refractivity contribution is 5.85. The van der Waals surface area contributed by atoms with E-state index in [0.717, 1.165) is 6.42 Å². The van der Waals surface area contributed by atoms with Crippen LogP contribution in [0.3, 0.4) is 0 Å². The van der Waals surface area contributed by atoms with E-state index in [1.807, 2.05) is 12.1 Å². The van der Waals surface area contributed by atoms with Gasteiger partial charge in [0.15, 0.2) is 0 Å². The van der Waals surface area contributed by atoms with E-state index in [0.29, 0.717) is 0 Å². The molecule has 1 aromatic rings. The molecule has 1 unspecified atom stereocenters. The maximum absolute atomic E-state index is 5.67. The average molecular weight is 171 g/mol. The first-order valence-electron chi connectivity index (χ1n) is 3.46. The van der Waals surface area contributed by atoms with Gasteiger partial charge >= 0.3 is 0 Å². The van der Waals surface area contributed by atoms with Crippen molar-refractivity contribution in [3.63, 3.8) is 0 Å². The molecule has 0 radical (unpaired) electrons. The third kappa shape index (κ3) is 1.47. The van der Waals surface area contributed by atoms with Crippen LogP contribution < -0.4 is 11.1 Å². The molecule has 0 aromatic heterocycles. The molecule has 3 N–H and O–H groups in total. The van der Waals surface area contributed by atoms with E-state index in [1.165, 1.54) is 11.3 Å². The lowest BCUT2D eigenvalue weighted by Crippen LogP contribution is -2.25. The van der Waals surface area contributed by atoms with Crippen LogP contribution in [0.15, 0.2) is 24.3 Å². The lowest BCUT2D eigenvalue weighted by molar-refractivity contribution is 0.797. The van der Waals surface area contributed by atoms with E-state index in [1.54, 1.807) is 0 Å². The highest BCUT2D eigenvalue weighted by Gasteiger charge is 2.14. The summed E-state index contributed by atoms with van der Waals surface area (Å²) in [6.07, 6.45) is 1.08. The second kappa shape index (κ2) is 3.11. The molecule has 0 spiro atoms. The second-order valence-electron chi connectivity index (χ2n) is 2.61. The largest absolute Gasteiger partial charge is 0.370 e. The minimum absolute atomic E-state index is 0. The van der Waals surface area contributed by atoms with Crippen LogP contribution in [-0.4, -0.2) is 6.17 Å². The van der Waals surface area contributed by atoms with Crippen molar-refractivity contribution in [2.75, 3.05) is 5.32 Å². The minimum Gasteiger partial charge on any atom is -0.370 e. The monoisotopic (exact) mass is 170 g/mol. The zero-order valence-corrected chi connectivity index (χ0v) is 6.90. The number of benzene rings is 1. The van der Waals surface area contributed by atoms with Gasteiger partial charge in [0, 0.05) is 12.1 Å². The van der Waals surface area contributed by atoms with Crippen LogP contribution in [0.4, 0.5) is 5.69 Å². The van der Waals surface area contributed by atoms with Gasteiger partial charge in [-0.15, -0.1) is 12.4 Å². The van der Waals surface area contributed by atoms with Crippen LogP contribution >= 0.6 is 12.4 Å². The van der Waals surface area contributed by atoms with E-state index < -0.39 is 0 Å². The molecule has 2 nitrogen and oxygen atoms in total. The number of nitrogens with one attached hydrogen (secondary N) is 1. The number of rotatable bonds is 0. The van der Waals surface area contributed by atoms with Crippen LogP contribution in [0, 0.1) is 0 Å². The van der Waals surface area contributed by atoms with Gasteiger partial charge < -0.3 is 11.1 Å². The summed E-state index contributed by atoms with van der Waals surface area (Å²) in [4.78, 5) is 0. The molecular formula is C8H11ClN2. The fraction of sp³-hybridized carbons (Fsp3) is 0.250. The maximum atomic E-state index is 5.67. The predicted octanol–water partition coefficient (Wildman–Crippen LogP) is 1.36. The Labute approximate surface area is 72.2 Å². The second-order valence-corrected chi connectivity index (χ2v) is 2.61. The first-order valence-corrected chi connectivity index (χ1v) is 3.46. The molecule has 60 valence electrons. The van der Waals surface area contributed by atoms with Gasteiger partial charge in [-0.1, -0.05) is 18.2 Å². The molecule has 0 saturated heterocycles. The molecule has 1 atom stereocenters. The van der Waals surface area contributed by atoms with Gasteiger partial charge in [-0.25, -0.2) is 0 Å². The third-order valence-corrected chi connectivity index (χ3v) is 1.80. The molecule has 0 amide bonds. The lowest BCUT2D eigenvalue weighted by Gasteiger charge is -2.00. The Bertz CT molecular complexity index is 225. The summed E-state index contributed by atoms with van der Waals surface area (Å²) < 4.78 is 0. The Morgan fingerprint density at radius 1 is 1.36 bits per heavy atom. The molecule has 1 heterocycles. The topological polar surface area (TPSA) is 38.0 Å². The van der Waals surface area contributed by atoms with Crippen LogP contribution in [0.1, 0.15) is 5.56 Å². The molecule has 0 aliphatic carbocycles. The average Bonchev–Trinajstić information content (AvgIpc) is 2.27. The Hall–Kier alpha value is -0.730. The first-order chi connectivity index (χ1) is 4.86. The number of fused-ring (bicyclic) bond motifs is 1. The molecule has 1 aliphatic heterocycles. The van der Waals surface area contributed by atoms with E-state index in [4.69, 9.17) is 5.73 Å². The van der Waals surface area contributed by atoms with Gasteiger partial charge in [0.1, 0.15) is 0 Å². The quantitative estimate of drug-likeness (QED) is 0.617. The highest BCUT2D eigenvalue weighted by atomic mass is 35.5. The van der Waals surface area contributed by atoms with Crippen LogP contribution in [-0.2, 0) is 6.42 Å². The summed E-state index contributed by atoms with van der Waals surface area (Å²) in [5.74, 6) is 0. The van der Waals surface area contributed by atoms with Gasteiger partial charge in [-0.05, 0) is 11.6 Å². The summed E-state index contributed by atoms with van der Waals surface area (Å²) >= 11 is 0. The van der Waals surface area contributed by atoms with E-state index in [-0.39, 0.29) is 18.6 Å². The van der Waals surface area contributed by atoms with Crippen molar-refractivity contribution in [3.8, 4) is 0 Å². The SMILES string of the molecule is Cl.NC1Cc2ccccc2N1. The van der Waals surface area contributed by atoms with Crippen LogP contribution in [0.5, 0.6) is 0 Å². The van der Waals surface area contributed by atoms with Crippen molar-refractivity contribution in [3.05, 3.63) is 29.8 Å². The van der Waals surface area contributed by atoms with Gasteiger partial charge in [0.2, 0.25) is 0 Å². The molecule has 1 aliphatic rings. The van der Waals surface area contributed by atoms with Gasteiger partial charge in [0.25, 0.3) is 0 Å². The van der Waals surface area contributed by atoms with Crippen molar-refractivity contribution < 1.29 is 0 Å². The van der Waals surface area contributed by atoms with Crippen molar-refractivity contribution in [1.29, 1.82) is 0 Å². The number of anilines is 1. The smallest absolute Gasteiger partial charge is 0.0784 e. The molecule has 11 heavy (non-hydrogen) atoms. The van der Waals surface area contributed by atoms with E-state index in [9.17, 15) is 0 Å². The fourth-order valence-electron chi connectivity index (χ4n) is 1.33. The number of hydrogen-bond donors (Lipinski definition) is 2. The normalized spacial score (nSPS) is 19.9. The zero-order valence-electron chi connectivity index (χ0n) is 6.08. The summed E-state index contributed by atoms with van der Waals surface area (Å²) in [5.41, 5.74) is 8.19. The molecule has 3 heteroatoms. The number of nitrogens with two attached hydrogens (primary N) is 1. The number of hydrogen-bond acceptors (Lipinski definition) is 2. The molecule has 0 saturated carbocycles. The van der Waals surface area contributed by atoms with Crippen molar-refractivity contribution in [2.24, 2.45) is 5.73 Å². The van der Waals surface area contributed by atoms with Gasteiger partial charge in [-0.3, -0.25) is 0 Å². The summed E-state index contributed by atoms with van der Waals surface area (Å²) in [6, 6.07) is 8.22.